The first kappa shape index (κ1) is 13.0. The molecule has 1 heterocycles. The molecule has 98 valence electrons. The summed E-state index contributed by atoms with van der Waals surface area (Å²) in [5.41, 5.74) is 1.49. The predicted molar refractivity (Wildman–Crippen MR) is 71.1 cm³/mol. The van der Waals surface area contributed by atoms with E-state index in [0.717, 1.165) is 5.56 Å². The molecule has 0 amide bonds. The van der Waals surface area contributed by atoms with Gasteiger partial charge in [-0.25, -0.2) is 14.5 Å². The van der Waals surface area contributed by atoms with Crippen LogP contribution in [0.15, 0.2) is 48.6 Å². The fourth-order valence-corrected chi connectivity index (χ4v) is 1.63. The lowest BCUT2D eigenvalue weighted by Gasteiger charge is -2.07. The van der Waals surface area contributed by atoms with Crippen LogP contribution < -0.4 is 0 Å². The largest absolute Gasteiger partial charge is 0.463 e. The van der Waals surface area contributed by atoms with E-state index in [0.29, 0.717) is 18.7 Å². The summed E-state index contributed by atoms with van der Waals surface area (Å²) in [6.07, 6.45) is 4.81. The van der Waals surface area contributed by atoms with E-state index >= 15 is 0 Å². The van der Waals surface area contributed by atoms with Gasteiger partial charge in [0, 0.05) is 0 Å². The summed E-state index contributed by atoms with van der Waals surface area (Å²) in [5, 5.41) is 4.00. The second-order valence-corrected chi connectivity index (χ2v) is 3.89. The normalized spacial score (nSPS) is 11.3. The van der Waals surface area contributed by atoms with Crippen LogP contribution in [0.25, 0.3) is 6.08 Å². The Bertz CT molecular complexity index is 547. The summed E-state index contributed by atoms with van der Waals surface area (Å²) < 4.78 is 6.65. The zero-order chi connectivity index (χ0) is 13.5. The minimum absolute atomic E-state index is 0.332. The highest BCUT2D eigenvalue weighted by Crippen LogP contribution is 2.10. The van der Waals surface area contributed by atoms with Crippen LogP contribution in [0.1, 0.15) is 12.5 Å². The molecule has 0 radical (unpaired) electrons. The van der Waals surface area contributed by atoms with Crippen molar-refractivity contribution < 1.29 is 9.53 Å². The average molecular weight is 257 g/mol. The Labute approximate surface area is 111 Å². The summed E-state index contributed by atoms with van der Waals surface area (Å²) in [4.78, 5) is 15.8. The Morgan fingerprint density at radius 2 is 2.16 bits per heavy atom. The first-order valence-corrected chi connectivity index (χ1v) is 6.04. The van der Waals surface area contributed by atoms with Gasteiger partial charge in [0.25, 0.3) is 0 Å². The monoisotopic (exact) mass is 257 g/mol. The van der Waals surface area contributed by atoms with E-state index in [1.807, 2.05) is 30.3 Å². The van der Waals surface area contributed by atoms with E-state index in [2.05, 4.69) is 10.1 Å². The Morgan fingerprint density at radius 1 is 1.37 bits per heavy atom. The molecular formula is C14H15N3O2. The molecule has 0 saturated heterocycles. The smallest absolute Gasteiger partial charge is 0.335 e. The van der Waals surface area contributed by atoms with E-state index in [1.165, 1.54) is 6.33 Å². The van der Waals surface area contributed by atoms with Crippen LogP contribution in [0.5, 0.6) is 0 Å². The van der Waals surface area contributed by atoms with E-state index in [1.54, 1.807) is 24.0 Å². The van der Waals surface area contributed by atoms with Gasteiger partial charge in [-0.2, -0.15) is 5.10 Å². The first-order valence-electron chi connectivity index (χ1n) is 6.04. The number of carbonyl (C=O) groups is 1. The number of aromatic nitrogens is 3. The van der Waals surface area contributed by atoms with Crippen molar-refractivity contribution in [1.29, 1.82) is 0 Å². The van der Waals surface area contributed by atoms with Gasteiger partial charge in [0.2, 0.25) is 0 Å². The van der Waals surface area contributed by atoms with Crippen molar-refractivity contribution in [3.8, 4) is 0 Å². The topological polar surface area (TPSA) is 57.0 Å². The van der Waals surface area contributed by atoms with Gasteiger partial charge in [0.1, 0.15) is 12.7 Å². The molecule has 19 heavy (non-hydrogen) atoms. The summed E-state index contributed by atoms with van der Waals surface area (Å²) in [6.45, 7) is 2.48. The van der Waals surface area contributed by atoms with Crippen LogP contribution in [0.2, 0.25) is 0 Å². The van der Waals surface area contributed by atoms with Crippen LogP contribution in [0, 0.1) is 0 Å². The van der Waals surface area contributed by atoms with Crippen LogP contribution in [-0.2, 0) is 16.1 Å². The maximum atomic E-state index is 11.9. The lowest BCUT2D eigenvalue weighted by molar-refractivity contribution is -0.138. The third-order valence-electron chi connectivity index (χ3n) is 2.48. The van der Waals surface area contributed by atoms with Crippen LogP contribution in [-0.4, -0.2) is 27.3 Å². The minimum Gasteiger partial charge on any atom is -0.463 e. The highest BCUT2D eigenvalue weighted by atomic mass is 16.5. The first-order chi connectivity index (χ1) is 9.29. The molecule has 0 N–H and O–H groups in total. The molecule has 0 aliphatic carbocycles. The van der Waals surface area contributed by atoms with Crippen LogP contribution in [0.4, 0.5) is 0 Å². The van der Waals surface area contributed by atoms with E-state index in [9.17, 15) is 4.79 Å². The maximum Gasteiger partial charge on any atom is 0.335 e. The number of rotatable bonds is 5. The summed E-state index contributed by atoms with van der Waals surface area (Å²) in [7, 11) is 0. The number of hydrogen-bond donors (Lipinski definition) is 0. The summed E-state index contributed by atoms with van der Waals surface area (Å²) in [5.74, 6) is -0.332. The quantitative estimate of drug-likeness (QED) is 0.606. The second-order valence-electron chi connectivity index (χ2n) is 3.89. The van der Waals surface area contributed by atoms with Crippen molar-refractivity contribution >= 4 is 12.0 Å². The molecule has 0 spiro atoms. The van der Waals surface area contributed by atoms with Crippen molar-refractivity contribution in [2.24, 2.45) is 0 Å². The van der Waals surface area contributed by atoms with Gasteiger partial charge in [-0.3, -0.25) is 0 Å². The molecule has 1 aromatic carbocycles. The predicted octanol–water partition coefficient (Wildman–Crippen LogP) is 1.92. The fourth-order valence-electron chi connectivity index (χ4n) is 1.63. The molecule has 0 aliphatic rings. The zero-order valence-corrected chi connectivity index (χ0v) is 10.7. The van der Waals surface area contributed by atoms with Crippen LogP contribution in [0.3, 0.4) is 0 Å². The molecule has 5 heteroatoms. The van der Waals surface area contributed by atoms with Gasteiger partial charge < -0.3 is 4.74 Å². The third kappa shape index (κ3) is 3.77. The van der Waals surface area contributed by atoms with Gasteiger partial charge in [0.05, 0.1) is 18.7 Å². The number of hydrogen-bond acceptors (Lipinski definition) is 4. The molecule has 2 aromatic rings. The SMILES string of the molecule is CCOC(=O)/C(=C/c1ccccc1)Cn1cncn1. The lowest BCUT2D eigenvalue weighted by atomic mass is 10.1. The Kier molecular flexibility index (Phi) is 4.44. The molecular weight excluding hydrogens is 242 g/mol. The van der Waals surface area contributed by atoms with Gasteiger partial charge in [0.15, 0.2) is 0 Å². The molecule has 0 atom stereocenters. The lowest BCUT2D eigenvalue weighted by Crippen LogP contribution is -2.13. The van der Waals surface area contributed by atoms with E-state index in [4.69, 9.17) is 4.74 Å². The number of benzene rings is 1. The number of esters is 1. The van der Waals surface area contributed by atoms with Gasteiger partial charge >= 0.3 is 5.97 Å². The van der Waals surface area contributed by atoms with E-state index < -0.39 is 0 Å². The maximum absolute atomic E-state index is 11.9. The van der Waals surface area contributed by atoms with Crippen molar-refractivity contribution in [3.63, 3.8) is 0 Å². The zero-order valence-electron chi connectivity index (χ0n) is 10.7. The van der Waals surface area contributed by atoms with Crippen molar-refractivity contribution in [3.05, 3.63) is 54.1 Å². The molecule has 2 rings (SSSR count). The molecule has 1 aromatic heterocycles. The number of carbonyl (C=O) groups excluding carboxylic acids is 1. The number of nitrogens with zero attached hydrogens (tertiary/aromatic N) is 3. The summed E-state index contributed by atoms with van der Waals surface area (Å²) in [6, 6.07) is 9.63. The fraction of sp³-hybridized carbons (Fsp3) is 0.214. The third-order valence-corrected chi connectivity index (χ3v) is 2.48. The Hall–Kier alpha value is -2.43. The minimum atomic E-state index is -0.332. The van der Waals surface area contributed by atoms with Crippen LogP contribution >= 0.6 is 0 Å². The highest BCUT2D eigenvalue weighted by molar-refractivity contribution is 5.93. The van der Waals surface area contributed by atoms with Gasteiger partial charge in [-0.15, -0.1) is 0 Å². The Balaban J connectivity index is 2.23. The molecule has 5 nitrogen and oxygen atoms in total. The van der Waals surface area contributed by atoms with Crippen molar-refractivity contribution in [2.75, 3.05) is 6.61 Å². The van der Waals surface area contributed by atoms with Crippen molar-refractivity contribution in [1.82, 2.24) is 14.8 Å². The van der Waals surface area contributed by atoms with E-state index in [-0.39, 0.29) is 5.97 Å². The molecule has 0 bridgehead atoms. The average Bonchev–Trinajstić information content (AvgIpc) is 2.92. The second kappa shape index (κ2) is 6.49. The standard InChI is InChI=1S/C14H15N3O2/c1-2-19-14(18)13(9-17-11-15-10-16-17)8-12-6-4-3-5-7-12/h3-8,10-11H,2,9H2,1H3/b13-8+. The molecule has 0 aliphatic heterocycles. The Morgan fingerprint density at radius 3 is 2.79 bits per heavy atom. The number of ether oxygens (including phenoxy) is 1. The molecule has 0 fully saturated rings. The van der Waals surface area contributed by atoms with Gasteiger partial charge in [-0.05, 0) is 18.6 Å². The highest BCUT2D eigenvalue weighted by Gasteiger charge is 2.11. The van der Waals surface area contributed by atoms with Crippen molar-refractivity contribution in [2.45, 2.75) is 13.5 Å². The molecule has 0 unspecified atom stereocenters. The summed E-state index contributed by atoms with van der Waals surface area (Å²) >= 11 is 0. The van der Waals surface area contributed by atoms with Gasteiger partial charge in [-0.1, -0.05) is 30.3 Å². The molecule has 0 saturated carbocycles.